The second-order valence-corrected chi connectivity index (χ2v) is 8.36. The fourth-order valence-electron chi connectivity index (χ4n) is 2.02. The Bertz CT molecular complexity index is 420. The van der Waals surface area contributed by atoms with Gasteiger partial charge in [0.25, 0.3) is 0 Å². The summed E-state index contributed by atoms with van der Waals surface area (Å²) in [5.41, 5.74) is 1.46. The summed E-state index contributed by atoms with van der Waals surface area (Å²) in [5.74, 6) is 0. The largest absolute Gasteiger partial charge is 0.349 e. The summed E-state index contributed by atoms with van der Waals surface area (Å²) in [5, 5.41) is 4.75. The van der Waals surface area contributed by atoms with Crippen LogP contribution in [0.3, 0.4) is 0 Å². The molecule has 0 bridgehead atoms. The van der Waals surface area contributed by atoms with E-state index in [4.69, 9.17) is 4.98 Å². The summed E-state index contributed by atoms with van der Waals surface area (Å²) in [6.07, 6.45) is 0. The van der Waals surface area contributed by atoms with Gasteiger partial charge in [-0.15, -0.1) is 11.3 Å². The third-order valence-electron chi connectivity index (χ3n) is 3.21. The second-order valence-electron chi connectivity index (χ2n) is 7.29. The van der Waals surface area contributed by atoms with Crippen molar-refractivity contribution in [3.63, 3.8) is 0 Å². The van der Waals surface area contributed by atoms with Crippen molar-refractivity contribution >= 4 is 16.5 Å². The Morgan fingerprint density at radius 2 is 1.60 bits per heavy atom. The summed E-state index contributed by atoms with van der Waals surface area (Å²) >= 11 is 1.84. The van der Waals surface area contributed by atoms with Gasteiger partial charge in [-0.1, -0.05) is 20.8 Å². The van der Waals surface area contributed by atoms with Crippen LogP contribution < -0.4 is 10.2 Å². The zero-order valence-electron chi connectivity index (χ0n) is 14.4. The maximum Gasteiger partial charge on any atom is 0.185 e. The minimum absolute atomic E-state index is 0.0940. The molecule has 0 unspecified atom stereocenters. The van der Waals surface area contributed by atoms with E-state index in [-0.39, 0.29) is 11.0 Å². The van der Waals surface area contributed by atoms with Crippen molar-refractivity contribution in [2.24, 2.45) is 0 Å². The van der Waals surface area contributed by atoms with Crippen LogP contribution in [-0.4, -0.2) is 23.6 Å². The average Bonchev–Trinajstić information content (AvgIpc) is 2.71. The van der Waals surface area contributed by atoms with Crippen LogP contribution in [0.2, 0.25) is 0 Å². The van der Waals surface area contributed by atoms with Crippen LogP contribution in [-0.2, 0) is 12.0 Å². The molecule has 1 rings (SSSR count). The van der Waals surface area contributed by atoms with Crippen LogP contribution in [0.25, 0.3) is 0 Å². The van der Waals surface area contributed by atoms with Crippen molar-refractivity contribution in [1.29, 1.82) is 0 Å². The van der Waals surface area contributed by atoms with Gasteiger partial charge in [0.1, 0.15) is 0 Å². The molecule has 0 saturated carbocycles. The van der Waals surface area contributed by atoms with E-state index >= 15 is 0 Å². The van der Waals surface area contributed by atoms with E-state index in [0.29, 0.717) is 0 Å². The van der Waals surface area contributed by atoms with E-state index in [1.165, 1.54) is 10.6 Å². The first kappa shape index (κ1) is 17.4. The summed E-state index contributed by atoms with van der Waals surface area (Å²) < 4.78 is 0. The highest BCUT2D eigenvalue weighted by molar-refractivity contribution is 7.15. The molecule has 3 nitrogen and oxygen atoms in total. The predicted molar refractivity (Wildman–Crippen MR) is 91.0 cm³/mol. The molecular weight excluding hydrogens is 266 g/mol. The normalized spacial score (nSPS) is 12.8. The summed E-state index contributed by atoms with van der Waals surface area (Å²) in [6.45, 7) is 20.7. The van der Waals surface area contributed by atoms with Gasteiger partial charge in [0.05, 0.1) is 5.69 Å². The Morgan fingerprint density at radius 3 is 2.00 bits per heavy atom. The van der Waals surface area contributed by atoms with Gasteiger partial charge in [-0.05, 0) is 34.6 Å². The minimum atomic E-state index is 0.0940. The number of hydrogen-bond acceptors (Lipinski definition) is 4. The summed E-state index contributed by atoms with van der Waals surface area (Å²) in [7, 11) is 0. The van der Waals surface area contributed by atoms with E-state index in [2.05, 4.69) is 65.6 Å². The number of aromatic nitrogens is 1. The van der Waals surface area contributed by atoms with Crippen LogP contribution in [0.4, 0.5) is 5.13 Å². The monoisotopic (exact) mass is 297 g/mol. The third-order valence-corrected chi connectivity index (χ3v) is 4.33. The molecule has 0 saturated heterocycles. The Hall–Kier alpha value is -0.610. The van der Waals surface area contributed by atoms with Gasteiger partial charge in [0, 0.05) is 35.5 Å². The SMILES string of the molecule is CCN(CC)c1nc(C(C)(C)C)c(CNC(C)(C)C)s1. The lowest BCUT2D eigenvalue weighted by molar-refractivity contribution is 0.422. The Kier molecular flexibility index (Phi) is 5.61. The smallest absolute Gasteiger partial charge is 0.185 e. The average molecular weight is 298 g/mol. The number of anilines is 1. The van der Waals surface area contributed by atoms with E-state index in [1.54, 1.807) is 0 Å². The van der Waals surface area contributed by atoms with Crippen LogP contribution in [0.15, 0.2) is 0 Å². The lowest BCUT2D eigenvalue weighted by Crippen LogP contribution is -2.35. The Morgan fingerprint density at radius 1 is 1.05 bits per heavy atom. The van der Waals surface area contributed by atoms with Gasteiger partial charge < -0.3 is 10.2 Å². The maximum atomic E-state index is 4.93. The highest BCUT2D eigenvalue weighted by Crippen LogP contribution is 2.34. The fourth-order valence-corrected chi connectivity index (χ4v) is 3.36. The molecule has 0 fully saturated rings. The van der Waals surface area contributed by atoms with Gasteiger partial charge in [0.2, 0.25) is 0 Å². The quantitative estimate of drug-likeness (QED) is 0.884. The third kappa shape index (κ3) is 4.74. The molecule has 0 aliphatic heterocycles. The van der Waals surface area contributed by atoms with Crippen molar-refractivity contribution in [1.82, 2.24) is 10.3 Å². The number of thiazole rings is 1. The van der Waals surface area contributed by atoms with Crippen LogP contribution in [0.1, 0.15) is 66.0 Å². The minimum Gasteiger partial charge on any atom is -0.349 e. The number of nitrogens with one attached hydrogen (secondary N) is 1. The molecule has 1 N–H and O–H groups in total. The molecule has 116 valence electrons. The lowest BCUT2D eigenvalue weighted by Gasteiger charge is -2.22. The standard InChI is InChI=1S/C16H31N3S/c1-9-19(10-2)14-18-13(15(3,4)5)12(20-14)11-17-16(6,7)8/h17H,9-11H2,1-8H3. The molecule has 4 heteroatoms. The van der Waals surface area contributed by atoms with Crippen molar-refractivity contribution in [2.45, 2.75) is 72.9 Å². The van der Waals surface area contributed by atoms with Crippen LogP contribution in [0.5, 0.6) is 0 Å². The van der Waals surface area contributed by atoms with E-state index in [1.807, 2.05) is 11.3 Å². The van der Waals surface area contributed by atoms with E-state index < -0.39 is 0 Å². The Balaban J connectivity index is 3.07. The molecule has 0 atom stereocenters. The fraction of sp³-hybridized carbons (Fsp3) is 0.812. The number of nitrogens with zero attached hydrogens (tertiary/aromatic N) is 2. The topological polar surface area (TPSA) is 28.2 Å². The van der Waals surface area contributed by atoms with E-state index in [0.717, 1.165) is 24.8 Å². The van der Waals surface area contributed by atoms with Gasteiger partial charge >= 0.3 is 0 Å². The molecule has 0 aliphatic rings. The van der Waals surface area contributed by atoms with Gasteiger partial charge in [0.15, 0.2) is 5.13 Å². The maximum absolute atomic E-state index is 4.93. The summed E-state index contributed by atoms with van der Waals surface area (Å²) in [6, 6.07) is 0. The molecular formula is C16H31N3S. The first-order chi connectivity index (χ1) is 9.08. The van der Waals surface area contributed by atoms with Crippen LogP contribution in [0, 0.1) is 0 Å². The highest BCUT2D eigenvalue weighted by Gasteiger charge is 2.25. The molecule has 0 amide bonds. The molecule has 0 aromatic carbocycles. The number of rotatable bonds is 5. The molecule has 0 radical (unpaired) electrons. The molecule has 20 heavy (non-hydrogen) atoms. The summed E-state index contributed by atoms with van der Waals surface area (Å²) in [4.78, 5) is 8.63. The van der Waals surface area contributed by atoms with Crippen molar-refractivity contribution in [3.8, 4) is 0 Å². The highest BCUT2D eigenvalue weighted by atomic mass is 32.1. The van der Waals surface area contributed by atoms with Gasteiger partial charge in [-0.25, -0.2) is 4.98 Å². The van der Waals surface area contributed by atoms with Crippen LogP contribution >= 0.6 is 11.3 Å². The molecule has 1 aromatic heterocycles. The lowest BCUT2D eigenvalue weighted by atomic mass is 9.91. The first-order valence-electron chi connectivity index (χ1n) is 7.58. The van der Waals surface area contributed by atoms with Gasteiger partial charge in [-0.2, -0.15) is 0 Å². The first-order valence-corrected chi connectivity index (χ1v) is 8.40. The van der Waals surface area contributed by atoms with Crippen molar-refractivity contribution in [2.75, 3.05) is 18.0 Å². The molecule has 0 aliphatic carbocycles. The Labute approximate surface area is 128 Å². The van der Waals surface area contributed by atoms with Crippen molar-refractivity contribution in [3.05, 3.63) is 10.6 Å². The second kappa shape index (κ2) is 6.44. The zero-order chi connectivity index (χ0) is 15.6. The predicted octanol–water partition coefficient (Wildman–Crippen LogP) is 4.17. The van der Waals surface area contributed by atoms with E-state index in [9.17, 15) is 0 Å². The zero-order valence-corrected chi connectivity index (χ0v) is 15.2. The molecule has 0 spiro atoms. The number of hydrogen-bond donors (Lipinski definition) is 1. The molecule has 1 heterocycles. The van der Waals surface area contributed by atoms with Crippen molar-refractivity contribution < 1.29 is 0 Å². The molecule has 1 aromatic rings. The van der Waals surface area contributed by atoms with Gasteiger partial charge in [-0.3, -0.25) is 0 Å².